The highest BCUT2D eigenvalue weighted by Crippen LogP contribution is 2.48. The lowest BCUT2D eigenvalue weighted by Crippen LogP contribution is -2.29. The van der Waals surface area contributed by atoms with E-state index in [4.69, 9.17) is 10.9 Å². The van der Waals surface area contributed by atoms with Gasteiger partial charge >= 0.3 is 0 Å². The molecule has 0 radical (unpaired) electrons. The maximum atomic E-state index is 8.60. The zero-order chi connectivity index (χ0) is 13.6. The molecule has 0 unspecified atom stereocenters. The molecule has 5 heteroatoms. The molecule has 1 saturated carbocycles. The van der Waals surface area contributed by atoms with Crippen LogP contribution < -0.4 is 11.1 Å². The number of nitrogens with zero attached hydrogens (tertiary/aromatic N) is 1. The number of hydrogen-bond donors (Lipinski definition) is 3. The average molecular weight is 279 g/mol. The Morgan fingerprint density at radius 1 is 1.37 bits per heavy atom. The van der Waals surface area contributed by atoms with Gasteiger partial charge in [-0.3, -0.25) is 0 Å². The minimum Gasteiger partial charge on any atom is -0.409 e. The molecular weight excluding hydrogens is 258 g/mol. The van der Waals surface area contributed by atoms with Gasteiger partial charge in [0.05, 0.1) is 0 Å². The van der Waals surface area contributed by atoms with Gasteiger partial charge in [-0.25, -0.2) is 0 Å². The van der Waals surface area contributed by atoms with Crippen LogP contribution in [0.25, 0.3) is 0 Å². The van der Waals surface area contributed by atoms with Gasteiger partial charge in [-0.15, -0.1) is 11.8 Å². The number of hydrogen-bond acceptors (Lipinski definition) is 4. The molecule has 0 spiro atoms. The van der Waals surface area contributed by atoms with Crippen molar-refractivity contribution in [2.24, 2.45) is 16.3 Å². The quantitative estimate of drug-likeness (QED) is 0.170. The minimum absolute atomic E-state index is 0.244. The summed E-state index contributed by atoms with van der Waals surface area (Å²) in [7, 11) is 0. The van der Waals surface area contributed by atoms with E-state index in [1.807, 2.05) is 17.8 Å². The summed E-state index contributed by atoms with van der Waals surface area (Å²) in [5.41, 5.74) is 5.82. The number of nitrogens with two attached hydrogens (primary N) is 1. The molecule has 4 N–H and O–H groups in total. The second-order valence-electron chi connectivity index (χ2n) is 5.11. The van der Waals surface area contributed by atoms with Gasteiger partial charge in [-0.05, 0) is 30.4 Å². The number of nitrogens with one attached hydrogen (secondary N) is 1. The molecule has 1 aromatic carbocycles. The van der Waals surface area contributed by atoms with E-state index in [1.165, 1.54) is 17.7 Å². The van der Waals surface area contributed by atoms with Crippen molar-refractivity contribution in [1.29, 1.82) is 0 Å². The molecule has 0 amide bonds. The number of thioether (sulfide) groups is 1. The van der Waals surface area contributed by atoms with Crippen molar-refractivity contribution in [1.82, 2.24) is 5.32 Å². The Labute approximate surface area is 118 Å². The van der Waals surface area contributed by atoms with Crippen LogP contribution in [0.4, 0.5) is 0 Å². The number of rotatable bonds is 8. The van der Waals surface area contributed by atoms with Crippen LogP contribution in [0.3, 0.4) is 0 Å². The van der Waals surface area contributed by atoms with Crippen LogP contribution in [0, 0.1) is 5.41 Å². The van der Waals surface area contributed by atoms with Crippen molar-refractivity contribution >= 4 is 17.6 Å². The number of benzene rings is 1. The largest absolute Gasteiger partial charge is 0.409 e. The summed E-state index contributed by atoms with van der Waals surface area (Å²) in [4.78, 5) is 1.31. The zero-order valence-electron chi connectivity index (χ0n) is 11.0. The smallest absolute Gasteiger partial charge is 0.139 e. The van der Waals surface area contributed by atoms with Crippen LogP contribution in [-0.2, 0) is 0 Å². The Morgan fingerprint density at radius 2 is 2.11 bits per heavy atom. The van der Waals surface area contributed by atoms with Crippen LogP contribution in [0.5, 0.6) is 0 Å². The van der Waals surface area contributed by atoms with E-state index in [9.17, 15) is 0 Å². The van der Waals surface area contributed by atoms with Crippen LogP contribution >= 0.6 is 11.8 Å². The van der Waals surface area contributed by atoms with Gasteiger partial charge in [-0.1, -0.05) is 23.4 Å². The van der Waals surface area contributed by atoms with E-state index in [0.717, 1.165) is 18.8 Å². The fourth-order valence-electron chi connectivity index (χ4n) is 2.12. The maximum Gasteiger partial charge on any atom is 0.139 e. The third-order valence-electron chi connectivity index (χ3n) is 3.43. The molecule has 2 rings (SSSR count). The zero-order valence-corrected chi connectivity index (χ0v) is 11.8. The van der Waals surface area contributed by atoms with Crippen molar-refractivity contribution in [3.63, 3.8) is 0 Å². The first-order valence-electron chi connectivity index (χ1n) is 6.59. The van der Waals surface area contributed by atoms with Crippen molar-refractivity contribution in [2.75, 3.05) is 18.8 Å². The Hall–Kier alpha value is -1.20. The first-order valence-corrected chi connectivity index (χ1v) is 7.58. The fourth-order valence-corrected chi connectivity index (χ4v) is 2.96. The van der Waals surface area contributed by atoms with Crippen LogP contribution in [0.1, 0.15) is 19.3 Å². The predicted molar refractivity (Wildman–Crippen MR) is 79.7 cm³/mol. The van der Waals surface area contributed by atoms with Crippen molar-refractivity contribution in [3.8, 4) is 0 Å². The van der Waals surface area contributed by atoms with Crippen LogP contribution in [0.15, 0.2) is 40.4 Å². The lowest BCUT2D eigenvalue weighted by Gasteiger charge is -2.14. The Bertz CT molecular complexity index is 418. The lowest BCUT2D eigenvalue weighted by atomic mass is 10.0. The second-order valence-corrected chi connectivity index (χ2v) is 6.27. The highest BCUT2D eigenvalue weighted by atomic mass is 32.2. The molecule has 1 aromatic rings. The maximum absolute atomic E-state index is 8.60. The van der Waals surface area contributed by atoms with Crippen LogP contribution in [-0.4, -0.2) is 29.9 Å². The van der Waals surface area contributed by atoms with E-state index in [0.29, 0.717) is 12.3 Å². The molecule has 1 aliphatic carbocycles. The molecular formula is C14H21N3OS. The third-order valence-corrected chi connectivity index (χ3v) is 4.45. The Morgan fingerprint density at radius 3 is 2.74 bits per heavy atom. The van der Waals surface area contributed by atoms with E-state index < -0.39 is 0 Å². The number of amidine groups is 1. The Kier molecular flexibility index (Phi) is 5.10. The van der Waals surface area contributed by atoms with Crippen molar-refractivity contribution < 1.29 is 5.21 Å². The minimum atomic E-state index is 0.244. The van der Waals surface area contributed by atoms with Crippen molar-refractivity contribution in [3.05, 3.63) is 30.3 Å². The molecule has 1 fully saturated rings. The van der Waals surface area contributed by atoms with Crippen LogP contribution in [0.2, 0.25) is 0 Å². The van der Waals surface area contributed by atoms with Gasteiger partial charge in [0.15, 0.2) is 0 Å². The first-order chi connectivity index (χ1) is 9.24. The normalized spacial score (nSPS) is 17.4. The molecule has 19 heavy (non-hydrogen) atoms. The Balaban J connectivity index is 1.60. The summed E-state index contributed by atoms with van der Waals surface area (Å²) in [5.74, 6) is 1.40. The monoisotopic (exact) mass is 279 g/mol. The molecule has 0 atom stereocenters. The summed E-state index contributed by atoms with van der Waals surface area (Å²) < 4.78 is 0. The SMILES string of the molecule is NC(CC1(CNCCSc2ccccc2)CC1)=NO. The van der Waals surface area contributed by atoms with Gasteiger partial charge in [0.2, 0.25) is 0 Å². The highest BCUT2D eigenvalue weighted by molar-refractivity contribution is 7.99. The molecule has 0 aromatic heterocycles. The molecule has 4 nitrogen and oxygen atoms in total. The second kappa shape index (κ2) is 6.82. The van der Waals surface area contributed by atoms with E-state index in [2.05, 4.69) is 34.7 Å². The van der Waals surface area contributed by atoms with E-state index in [1.54, 1.807) is 0 Å². The van der Waals surface area contributed by atoms with Gasteiger partial charge in [0.1, 0.15) is 5.84 Å². The first kappa shape index (κ1) is 14.2. The summed E-state index contributed by atoms with van der Waals surface area (Å²) in [6, 6.07) is 10.4. The lowest BCUT2D eigenvalue weighted by molar-refractivity contribution is 0.314. The van der Waals surface area contributed by atoms with E-state index >= 15 is 0 Å². The third kappa shape index (κ3) is 4.76. The van der Waals surface area contributed by atoms with Gasteiger partial charge in [0, 0.05) is 30.2 Å². The molecule has 0 saturated heterocycles. The van der Waals surface area contributed by atoms with Gasteiger partial charge < -0.3 is 16.3 Å². The van der Waals surface area contributed by atoms with Crippen molar-refractivity contribution in [2.45, 2.75) is 24.2 Å². The summed E-state index contributed by atoms with van der Waals surface area (Å²) >= 11 is 1.86. The average Bonchev–Trinajstić information content (AvgIpc) is 3.19. The standard InChI is InChI=1S/C14H21N3OS/c15-13(17-18)10-14(6-7-14)11-16-8-9-19-12-4-2-1-3-5-12/h1-5,16,18H,6-11H2,(H2,15,17). The van der Waals surface area contributed by atoms with Gasteiger partial charge in [-0.2, -0.15) is 0 Å². The summed E-state index contributed by atoms with van der Waals surface area (Å²) in [6.45, 7) is 1.94. The fraction of sp³-hybridized carbons (Fsp3) is 0.500. The number of oxime groups is 1. The summed E-state index contributed by atoms with van der Waals surface area (Å²) in [5, 5.41) is 15.1. The molecule has 0 bridgehead atoms. The molecule has 0 aliphatic heterocycles. The highest BCUT2D eigenvalue weighted by Gasteiger charge is 2.42. The molecule has 104 valence electrons. The molecule has 1 aliphatic rings. The van der Waals surface area contributed by atoms with E-state index in [-0.39, 0.29) is 5.41 Å². The predicted octanol–water partition coefficient (Wildman–Crippen LogP) is 2.28. The summed E-state index contributed by atoms with van der Waals surface area (Å²) in [6.07, 6.45) is 3.03. The molecule has 0 heterocycles. The van der Waals surface area contributed by atoms with Gasteiger partial charge in [0.25, 0.3) is 0 Å². The topological polar surface area (TPSA) is 70.6 Å².